The predicted octanol–water partition coefficient (Wildman–Crippen LogP) is 6.61. The van der Waals surface area contributed by atoms with Gasteiger partial charge in [0.05, 0.1) is 11.6 Å². The lowest BCUT2D eigenvalue weighted by molar-refractivity contribution is -0.137. The minimum atomic E-state index is -4.47. The smallest absolute Gasteiger partial charge is 0.341 e. The average Bonchev–Trinajstić information content (AvgIpc) is 2.70. The summed E-state index contributed by atoms with van der Waals surface area (Å²) in [5.74, 6) is 0.0740. The molecule has 2 aromatic rings. The normalized spacial score (nSPS) is 13.2. The standard InChI is InChI=1S/C25H30F3NO2S/c1-16(2)14-21(29-22(30)18-8-12-20(13-9-18)25(26,27)28)23(31)32-15-17-6-10-19(11-7-17)24(3,4)5/h6-13,16,21H,14-15H2,1-5H3,(H,29,30)/t21-/m1/s1. The third kappa shape index (κ3) is 7.69. The summed E-state index contributed by atoms with van der Waals surface area (Å²) in [6, 6.07) is 11.4. The highest BCUT2D eigenvalue weighted by Gasteiger charge is 2.30. The maximum atomic E-state index is 12.8. The van der Waals surface area contributed by atoms with Crippen molar-refractivity contribution in [3.8, 4) is 0 Å². The van der Waals surface area contributed by atoms with Crippen LogP contribution in [0.15, 0.2) is 48.5 Å². The summed E-state index contributed by atoms with van der Waals surface area (Å²) in [7, 11) is 0. The molecule has 0 heterocycles. The Labute approximate surface area is 192 Å². The molecule has 0 radical (unpaired) electrons. The van der Waals surface area contributed by atoms with Gasteiger partial charge >= 0.3 is 6.18 Å². The first-order chi connectivity index (χ1) is 14.8. The van der Waals surface area contributed by atoms with E-state index >= 15 is 0 Å². The first-order valence-corrected chi connectivity index (χ1v) is 11.5. The number of halogens is 3. The lowest BCUT2D eigenvalue weighted by atomic mass is 9.87. The molecule has 1 N–H and O–H groups in total. The van der Waals surface area contributed by atoms with Crippen molar-refractivity contribution < 1.29 is 22.8 Å². The maximum absolute atomic E-state index is 12.8. The molecule has 0 aromatic heterocycles. The fourth-order valence-electron chi connectivity index (χ4n) is 3.09. The van der Waals surface area contributed by atoms with Crippen molar-refractivity contribution in [3.63, 3.8) is 0 Å². The molecule has 0 aliphatic rings. The van der Waals surface area contributed by atoms with Crippen LogP contribution in [0.2, 0.25) is 0 Å². The van der Waals surface area contributed by atoms with Crippen molar-refractivity contribution in [2.45, 2.75) is 64.4 Å². The number of rotatable bonds is 7. The van der Waals surface area contributed by atoms with E-state index in [1.54, 1.807) is 0 Å². The number of carbonyl (C=O) groups excluding carboxylic acids is 2. The lowest BCUT2D eigenvalue weighted by Crippen LogP contribution is -2.40. The summed E-state index contributed by atoms with van der Waals surface area (Å²) < 4.78 is 38.2. The Morgan fingerprint density at radius 3 is 1.91 bits per heavy atom. The lowest BCUT2D eigenvalue weighted by Gasteiger charge is -2.20. The van der Waals surface area contributed by atoms with Crippen molar-refractivity contribution in [1.82, 2.24) is 5.32 Å². The third-order valence-electron chi connectivity index (χ3n) is 4.97. The highest BCUT2D eigenvalue weighted by molar-refractivity contribution is 8.13. The van der Waals surface area contributed by atoms with Crippen LogP contribution in [0.25, 0.3) is 0 Å². The van der Waals surface area contributed by atoms with E-state index < -0.39 is 23.7 Å². The Balaban J connectivity index is 2.03. The van der Waals surface area contributed by atoms with Crippen LogP contribution in [0.3, 0.4) is 0 Å². The topological polar surface area (TPSA) is 46.2 Å². The molecule has 3 nitrogen and oxygen atoms in total. The number of benzene rings is 2. The number of hydrogen-bond acceptors (Lipinski definition) is 3. The van der Waals surface area contributed by atoms with Crippen molar-refractivity contribution in [2.75, 3.05) is 0 Å². The van der Waals surface area contributed by atoms with Gasteiger partial charge in [0, 0.05) is 11.3 Å². The van der Waals surface area contributed by atoms with E-state index in [1.807, 2.05) is 26.0 Å². The number of hydrogen-bond donors (Lipinski definition) is 1. The molecule has 1 amide bonds. The quantitative estimate of drug-likeness (QED) is 0.501. The molecule has 0 spiro atoms. The van der Waals surface area contributed by atoms with Crippen LogP contribution in [-0.2, 0) is 22.1 Å². The SMILES string of the molecule is CC(C)C[C@@H](NC(=O)c1ccc(C(F)(F)F)cc1)C(=O)SCc1ccc(C(C)(C)C)cc1. The van der Waals surface area contributed by atoms with Gasteiger partial charge in [-0.05, 0) is 53.1 Å². The third-order valence-corrected chi connectivity index (χ3v) is 6.02. The average molecular weight is 466 g/mol. The zero-order chi connectivity index (χ0) is 24.1. The molecule has 0 aliphatic carbocycles. The zero-order valence-electron chi connectivity index (χ0n) is 19.0. The molecule has 0 aliphatic heterocycles. The Morgan fingerprint density at radius 1 is 0.906 bits per heavy atom. The summed E-state index contributed by atoms with van der Waals surface area (Å²) in [5, 5.41) is 2.53. The molecule has 32 heavy (non-hydrogen) atoms. The molecule has 1 atom stereocenters. The number of alkyl halides is 3. The number of thioether (sulfide) groups is 1. The monoisotopic (exact) mass is 465 g/mol. The van der Waals surface area contributed by atoms with Gasteiger partial charge in [0.2, 0.25) is 5.12 Å². The number of carbonyl (C=O) groups is 2. The summed E-state index contributed by atoms with van der Waals surface area (Å²) in [5.41, 5.74) is 1.53. The van der Waals surface area contributed by atoms with Crippen LogP contribution in [0.4, 0.5) is 13.2 Å². The van der Waals surface area contributed by atoms with Gasteiger partial charge in [0.25, 0.3) is 5.91 Å². The molecule has 2 rings (SSSR count). The Hall–Kier alpha value is -2.28. The highest BCUT2D eigenvalue weighted by atomic mass is 32.2. The molecular formula is C25H30F3NO2S. The van der Waals surface area contributed by atoms with Crippen molar-refractivity contribution in [3.05, 3.63) is 70.8 Å². The number of nitrogens with one attached hydrogen (secondary N) is 1. The fraction of sp³-hybridized carbons (Fsp3) is 0.440. The summed E-state index contributed by atoms with van der Waals surface area (Å²) in [4.78, 5) is 25.4. The Bertz CT molecular complexity index is 914. The zero-order valence-corrected chi connectivity index (χ0v) is 19.9. The van der Waals surface area contributed by atoms with Gasteiger partial charge in [-0.15, -0.1) is 0 Å². The number of amides is 1. The molecule has 7 heteroatoms. The van der Waals surface area contributed by atoms with E-state index in [4.69, 9.17) is 0 Å². The van der Waals surface area contributed by atoms with Crippen LogP contribution in [-0.4, -0.2) is 17.1 Å². The van der Waals surface area contributed by atoms with E-state index in [2.05, 4.69) is 38.2 Å². The van der Waals surface area contributed by atoms with Gasteiger partial charge in [0.15, 0.2) is 0 Å². The minimum absolute atomic E-state index is 0.0481. The van der Waals surface area contributed by atoms with E-state index in [1.165, 1.54) is 5.56 Å². The first kappa shape index (κ1) is 26.0. The largest absolute Gasteiger partial charge is 0.416 e. The first-order valence-electron chi connectivity index (χ1n) is 10.5. The minimum Gasteiger partial charge on any atom is -0.341 e. The molecule has 0 saturated heterocycles. The summed E-state index contributed by atoms with van der Waals surface area (Å²) in [6.45, 7) is 10.3. The molecule has 2 aromatic carbocycles. The molecule has 0 fully saturated rings. The van der Waals surface area contributed by atoms with Crippen molar-refractivity contribution >= 4 is 22.8 Å². The second-order valence-electron chi connectivity index (χ2n) is 9.29. The Kier molecular flexibility index (Phi) is 8.57. The van der Waals surface area contributed by atoms with Gasteiger partial charge < -0.3 is 5.32 Å². The predicted molar refractivity (Wildman–Crippen MR) is 124 cm³/mol. The van der Waals surface area contributed by atoms with E-state index in [-0.39, 0.29) is 22.0 Å². The van der Waals surface area contributed by atoms with Crippen LogP contribution < -0.4 is 5.32 Å². The van der Waals surface area contributed by atoms with Crippen LogP contribution in [0.5, 0.6) is 0 Å². The van der Waals surface area contributed by atoms with Gasteiger partial charge in [-0.3, -0.25) is 9.59 Å². The summed E-state index contributed by atoms with van der Waals surface area (Å²) >= 11 is 1.13. The fourth-order valence-corrected chi connectivity index (χ4v) is 3.95. The Morgan fingerprint density at radius 2 is 1.44 bits per heavy atom. The van der Waals surface area contributed by atoms with E-state index in [0.717, 1.165) is 41.6 Å². The highest BCUT2D eigenvalue weighted by Crippen LogP contribution is 2.29. The summed E-state index contributed by atoms with van der Waals surface area (Å²) in [6.07, 6.45) is -4.02. The maximum Gasteiger partial charge on any atom is 0.416 e. The molecule has 0 bridgehead atoms. The van der Waals surface area contributed by atoms with Crippen molar-refractivity contribution in [2.24, 2.45) is 5.92 Å². The van der Waals surface area contributed by atoms with Gasteiger partial charge in [-0.25, -0.2) is 0 Å². The van der Waals surface area contributed by atoms with Crippen molar-refractivity contribution in [1.29, 1.82) is 0 Å². The van der Waals surface area contributed by atoms with E-state index in [0.29, 0.717) is 12.2 Å². The molecular weight excluding hydrogens is 435 g/mol. The van der Waals surface area contributed by atoms with Gasteiger partial charge in [-0.2, -0.15) is 13.2 Å². The van der Waals surface area contributed by atoms with Crippen LogP contribution in [0, 0.1) is 5.92 Å². The molecule has 0 unspecified atom stereocenters. The second kappa shape index (κ2) is 10.6. The molecule has 0 saturated carbocycles. The van der Waals surface area contributed by atoms with Crippen LogP contribution in [0.1, 0.15) is 68.1 Å². The second-order valence-corrected chi connectivity index (χ2v) is 10.3. The van der Waals surface area contributed by atoms with Gasteiger partial charge in [-0.1, -0.05) is 70.6 Å². The van der Waals surface area contributed by atoms with Crippen LogP contribution >= 0.6 is 11.8 Å². The van der Waals surface area contributed by atoms with Gasteiger partial charge in [0.1, 0.15) is 0 Å². The van der Waals surface area contributed by atoms with E-state index in [9.17, 15) is 22.8 Å². The molecule has 174 valence electrons.